The van der Waals surface area contributed by atoms with Gasteiger partial charge in [0.2, 0.25) is 0 Å². The van der Waals surface area contributed by atoms with Crippen molar-refractivity contribution in [1.82, 2.24) is 9.80 Å². The summed E-state index contributed by atoms with van der Waals surface area (Å²) in [5.74, 6) is 0. The molecule has 0 aliphatic carbocycles. The second kappa shape index (κ2) is 8.97. The Labute approximate surface area is 197 Å². The van der Waals surface area contributed by atoms with Crippen LogP contribution in [0.2, 0.25) is 0 Å². The third-order valence-corrected chi connectivity index (χ3v) is 7.17. The fraction of sp³-hybridized carbons (Fsp3) is 0.226. The highest BCUT2D eigenvalue weighted by Crippen LogP contribution is 2.34. The zero-order valence-electron chi connectivity index (χ0n) is 19.1. The summed E-state index contributed by atoms with van der Waals surface area (Å²) in [7, 11) is 0. The van der Waals surface area contributed by atoms with E-state index in [9.17, 15) is 0 Å². The Morgan fingerprint density at radius 1 is 0.394 bits per heavy atom. The molecule has 33 heavy (non-hydrogen) atoms. The minimum absolute atomic E-state index is 1.02. The number of hydrogen-bond acceptors (Lipinski definition) is 2. The Balaban J connectivity index is 1.18. The standard InChI is InChI=1S/C31H30N2/c1-5-14-28-24(10-1)20-32(21-25-11-2-6-15-29(25)28)18-9-19-33-22-26-12-3-7-16-30(26)31-17-8-4-13-27(31)23-33/h1-8,10-17H,9,18-23H2. The molecule has 4 aromatic carbocycles. The molecule has 0 fully saturated rings. The molecule has 0 unspecified atom stereocenters. The third-order valence-electron chi connectivity index (χ3n) is 7.17. The first-order chi connectivity index (χ1) is 16.3. The van der Waals surface area contributed by atoms with Gasteiger partial charge in [0.15, 0.2) is 0 Å². The maximum atomic E-state index is 2.63. The molecule has 0 bridgehead atoms. The molecule has 0 spiro atoms. The van der Waals surface area contributed by atoms with Gasteiger partial charge in [0, 0.05) is 39.3 Å². The van der Waals surface area contributed by atoms with E-state index >= 15 is 0 Å². The Morgan fingerprint density at radius 3 is 0.970 bits per heavy atom. The van der Waals surface area contributed by atoms with Gasteiger partial charge < -0.3 is 0 Å². The van der Waals surface area contributed by atoms with Gasteiger partial charge in [0.1, 0.15) is 0 Å². The van der Waals surface area contributed by atoms with Crippen LogP contribution in [0.15, 0.2) is 97.1 Å². The maximum absolute atomic E-state index is 2.63. The molecule has 0 aromatic heterocycles. The van der Waals surface area contributed by atoms with Crippen molar-refractivity contribution in [3.8, 4) is 22.3 Å². The van der Waals surface area contributed by atoms with Crippen molar-refractivity contribution >= 4 is 0 Å². The van der Waals surface area contributed by atoms with E-state index in [0.717, 1.165) is 39.3 Å². The van der Waals surface area contributed by atoms with Crippen LogP contribution in [0.25, 0.3) is 22.3 Å². The molecular weight excluding hydrogens is 400 g/mol. The zero-order chi connectivity index (χ0) is 22.0. The van der Waals surface area contributed by atoms with Gasteiger partial charge in [-0.25, -0.2) is 0 Å². The van der Waals surface area contributed by atoms with Crippen molar-refractivity contribution in [1.29, 1.82) is 0 Å². The van der Waals surface area contributed by atoms with Gasteiger partial charge in [0.05, 0.1) is 0 Å². The van der Waals surface area contributed by atoms with E-state index in [0.29, 0.717) is 0 Å². The lowest BCUT2D eigenvalue weighted by atomic mass is 9.97. The molecule has 0 amide bonds. The number of fused-ring (bicyclic) bond motifs is 6. The van der Waals surface area contributed by atoms with Gasteiger partial charge in [-0.1, -0.05) is 97.1 Å². The first-order valence-corrected chi connectivity index (χ1v) is 12.1. The number of rotatable bonds is 4. The van der Waals surface area contributed by atoms with Crippen LogP contribution in [0.4, 0.5) is 0 Å². The van der Waals surface area contributed by atoms with E-state index < -0.39 is 0 Å². The average molecular weight is 431 g/mol. The molecule has 164 valence electrons. The van der Waals surface area contributed by atoms with E-state index in [1.807, 2.05) is 0 Å². The molecule has 4 aromatic rings. The minimum atomic E-state index is 1.02. The largest absolute Gasteiger partial charge is 0.295 e. The lowest BCUT2D eigenvalue weighted by Gasteiger charge is -2.25. The van der Waals surface area contributed by atoms with Crippen LogP contribution in [0, 0.1) is 0 Å². The summed E-state index contributed by atoms with van der Waals surface area (Å²) >= 11 is 0. The third kappa shape index (κ3) is 4.13. The number of benzene rings is 4. The first-order valence-electron chi connectivity index (χ1n) is 12.1. The molecule has 2 heteroatoms. The summed E-state index contributed by atoms with van der Waals surface area (Å²) in [5, 5.41) is 0. The minimum Gasteiger partial charge on any atom is -0.295 e. The van der Waals surface area contributed by atoms with E-state index in [1.165, 1.54) is 50.9 Å². The zero-order valence-corrected chi connectivity index (χ0v) is 19.1. The average Bonchev–Trinajstić information content (AvgIpc) is 3.11. The molecule has 0 saturated heterocycles. The van der Waals surface area contributed by atoms with E-state index in [4.69, 9.17) is 0 Å². The van der Waals surface area contributed by atoms with Crippen LogP contribution in [0.5, 0.6) is 0 Å². The van der Waals surface area contributed by atoms with Crippen LogP contribution in [-0.4, -0.2) is 22.9 Å². The molecule has 2 aliphatic rings. The van der Waals surface area contributed by atoms with Crippen molar-refractivity contribution in [3.63, 3.8) is 0 Å². The van der Waals surface area contributed by atoms with Crippen molar-refractivity contribution in [3.05, 3.63) is 119 Å². The normalized spacial score (nSPS) is 15.5. The van der Waals surface area contributed by atoms with Gasteiger partial charge >= 0.3 is 0 Å². The van der Waals surface area contributed by atoms with Crippen LogP contribution in [-0.2, 0) is 26.2 Å². The van der Waals surface area contributed by atoms with Crippen LogP contribution in [0.1, 0.15) is 28.7 Å². The lowest BCUT2D eigenvalue weighted by molar-refractivity contribution is 0.210. The quantitative estimate of drug-likeness (QED) is 0.354. The van der Waals surface area contributed by atoms with Crippen molar-refractivity contribution < 1.29 is 0 Å². The van der Waals surface area contributed by atoms with Gasteiger partial charge in [0.25, 0.3) is 0 Å². The Hall–Kier alpha value is -3.20. The molecule has 0 N–H and O–H groups in total. The molecular formula is C31H30N2. The molecule has 6 rings (SSSR count). The Kier molecular flexibility index (Phi) is 5.55. The van der Waals surface area contributed by atoms with Crippen LogP contribution < -0.4 is 0 Å². The van der Waals surface area contributed by atoms with Crippen molar-refractivity contribution in [2.45, 2.75) is 32.6 Å². The first kappa shape index (κ1) is 20.4. The predicted octanol–water partition coefficient (Wildman–Crippen LogP) is 6.74. The molecule has 2 aliphatic heterocycles. The molecule has 0 saturated carbocycles. The van der Waals surface area contributed by atoms with Crippen molar-refractivity contribution in [2.24, 2.45) is 0 Å². The van der Waals surface area contributed by atoms with Crippen LogP contribution >= 0.6 is 0 Å². The van der Waals surface area contributed by atoms with Gasteiger partial charge in [-0.2, -0.15) is 0 Å². The fourth-order valence-corrected chi connectivity index (χ4v) is 5.59. The van der Waals surface area contributed by atoms with E-state index in [2.05, 4.69) is 107 Å². The molecule has 2 heterocycles. The van der Waals surface area contributed by atoms with E-state index in [-0.39, 0.29) is 0 Å². The molecule has 0 radical (unpaired) electrons. The Morgan fingerprint density at radius 2 is 0.667 bits per heavy atom. The van der Waals surface area contributed by atoms with Crippen molar-refractivity contribution in [2.75, 3.05) is 13.1 Å². The summed E-state index contributed by atoms with van der Waals surface area (Å²) < 4.78 is 0. The summed E-state index contributed by atoms with van der Waals surface area (Å²) in [6, 6.07) is 35.7. The molecule has 2 nitrogen and oxygen atoms in total. The Bertz CT molecular complexity index is 1080. The molecule has 0 atom stereocenters. The highest BCUT2D eigenvalue weighted by atomic mass is 15.1. The second-order valence-corrected chi connectivity index (χ2v) is 9.40. The fourth-order valence-electron chi connectivity index (χ4n) is 5.59. The summed E-state index contributed by atoms with van der Waals surface area (Å²) in [5.41, 5.74) is 11.4. The SMILES string of the molecule is c1ccc2c(c1)CN(CCCN1Cc3ccccc3-c3ccccc3C1)Cc1ccccc1-2. The monoisotopic (exact) mass is 430 g/mol. The topological polar surface area (TPSA) is 6.48 Å². The van der Waals surface area contributed by atoms with Gasteiger partial charge in [-0.05, 0) is 50.9 Å². The summed E-state index contributed by atoms with van der Waals surface area (Å²) in [6.07, 6.45) is 1.18. The second-order valence-electron chi connectivity index (χ2n) is 9.40. The number of nitrogens with zero attached hydrogens (tertiary/aromatic N) is 2. The predicted molar refractivity (Wildman–Crippen MR) is 137 cm³/mol. The maximum Gasteiger partial charge on any atom is 0.0243 e. The van der Waals surface area contributed by atoms with E-state index in [1.54, 1.807) is 0 Å². The highest BCUT2D eigenvalue weighted by molar-refractivity contribution is 5.72. The van der Waals surface area contributed by atoms with Gasteiger partial charge in [-0.3, -0.25) is 9.80 Å². The summed E-state index contributed by atoms with van der Waals surface area (Å²) in [6.45, 7) is 6.32. The lowest BCUT2D eigenvalue weighted by Crippen LogP contribution is -2.28. The van der Waals surface area contributed by atoms with Gasteiger partial charge in [-0.15, -0.1) is 0 Å². The summed E-state index contributed by atoms with van der Waals surface area (Å²) in [4.78, 5) is 5.26. The highest BCUT2D eigenvalue weighted by Gasteiger charge is 2.21. The smallest absolute Gasteiger partial charge is 0.0243 e. The number of hydrogen-bond donors (Lipinski definition) is 0. The van der Waals surface area contributed by atoms with Crippen LogP contribution in [0.3, 0.4) is 0 Å².